The molecule has 2 heterocycles. The normalized spacial score (nSPS) is 12.3. The molecule has 2 aromatic rings. The number of imidazole rings is 1. The Morgan fingerprint density at radius 3 is 2.96 bits per heavy atom. The summed E-state index contributed by atoms with van der Waals surface area (Å²) < 4.78 is 12.1. The van der Waals surface area contributed by atoms with E-state index in [1.54, 1.807) is 25.3 Å². The highest BCUT2D eigenvalue weighted by molar-refractivity contribution is 5.76. The minimum absolute atomic E-state index is 0.0160. The quantitative estimate of drug-likeness (QED) is 0.730. The molecule has 8 heteroatoms. The van der Waals surface area contributed by atoms with Gasteiger partial charge in [-0.15, -0.1) is 0 Å². The lowest BCUT2D eigenvalue weighted by molar-refractivity contribution is -0.131. The zero-order valence-electron chi connectivity index (χ0n) is 14.0. The van der Waals surface area contributed by atoms with E-state index in [0.717, 1.165) is 5.82 Å². The number of ether oxygens (including phenoxy) is 1. The van der Waals surface area contributed by atoms with Crippen LogP contribution in [0.4, 0.5) is 0 Å². The summed E-state index contributed by atoms with van der Waals surface area (Å²) in [5, 5.41) is 3.86. The van der Waals surface area contributed by atoms with Crippen molar-refractivity contribution in [2.45, 2.75) is 39.3 Å². The number of methoxy groups -OCH3 is 1. The molecule has 23 heavy (non-hydrogen) atoms. The van der Waals surface area contributed by atoms with Gasteiger partial charge in [-0.3, -0.25) is 4.79 Å². The van der Waals surface area contributed by atoms with Crippen LogP contribution in [0.2, 0.25) is 0 Å². The van der Waals surface area contributed by atoms with Crippen molar-refractivity contribution in [3.8, 4) is 0 Å². The van der Waals surface area contributed by atoms with E-state index in [-0.39, 0.29) is 11.9 Å². The molecule has 1 atom stereocenters. The third-order valence-corrected chi connectivity index (χ3v) is 3.65. The van der Waals surface area contributed by atoms with E-state index < -0.39 is 0 Å². The maximum atomic E-state index is 12.3. The second kappa shape index (κ2) is 7.87. The van der Waals surface area contributed by atoms with Gasteiger partial charge < -0.3 is 18.7 Å². The van der Waals surface area contributed by atoms with E-state index in [9.17, 15) is 4.79 Å². The highest BCUT2D eigenvalue weighted by Crippen LogP contribution is 2.15. The van der Waals surface area contributed by atoms with Crippen molar-refractivity contribution in [3.05, 3.63) is 29.9 Å². The number of hydrogen-bond donors (Lipinski definition) is 0. The number of aryl methyl sites for hydroxylation is 1. The largest absolute Gasteiger partial charge is 0.384 e. The van der Waals surface area contributed by atoms with Gasteiger partial charge >= 0.3 is 0 Å². The molecular weight excluding hydrogens is 298 g/mol. The van der Waals surface area contributed by atoms with Crippen LogP contribution in [0.25, 0.3) is 0 Å². The highest BCUT2D eigenvalue weighted by atomic mass is 16.5. The van der Waals surface area contributed by atoms with E-state index in [1.807, 2.05) is 24.6 Å². The topological polar surface area (TPSA) is 86.3 Å². The van der Waals surface area contributed by atoms with Gasteiger partial charge in [0, 0.05) is 45.4 Å². The summed E-state index contributed by atoms with van der Waals surface area (Å²) in [5.74, 6) is 1.93. The molecule has 0 aliphatic heterocycles. The van der Waals surface area contributed by atoms with E-state index in [2.05, 4.69) is 15.1 Å². The van der Waals surface area contributed by atoms with Gasteiger partial charge in [-0.25, -0.2) is 4.98 Å². The zero-order chi connectivity index (χ0) is 16.8. The molecule has 0 unspecified atom stereocenters. The van der Waals surface area contributed by atoms with Gasteiger partial charge in [0.05, 0.1) is 13.2 Å². The van der Waals surface area contributed by atoms with Gasteiger partial charge in [0.25, 0.3) is 0 Å². The van der Waals surface area contributed by atoms with Crippen LogP contribution in [-0.4, -0.2) is 51.3 Å². The molecule has 0 spiro atoms. The second-order valence-electron chi connectivity index (χ2n) is 5.53. The van der Waals surface area contributed by atoms with Crippen molar-refractivity contribution >= 4 is 5.91 Å². The second-order valence-corrected chi connectivity index (χ2v) is 5.53. The third kappa shape index (κ3) is 4.62. The summed E-state index contributed by atoms with van der Waals surface area (Å²) in [6.07, 6.45) is 4.60. The Hall–Kier alpha value is -2.22. The fourth-order valence-corrected chi connectivity index (χ4v) is 2.30. The Labute approximate surface area is 135 Å². The predicted octanol–water partition coefficient (Wildman–Crippen LogP) is 1.37. The average molecular weight is 321 g/mol. The number of amides is 1. The predicted molar refractivity (Wildman–Crippen MR) is 82.6 cm³/mol. The lowest BCUT2D eigenvalue weighted by atomic mass is 10.2. The van der Waals surface area contributed by atoms with E-state index in [4.69, 9.17) is 9.26 Å². The molecule has 0 radical (unpaired) electrons. The molecule has 0 saturated heterocycles. The third-order valence-electron chi connectivity index (χ3n) is 3.65. The molecule has 0 aliphatic rings. The van der Waals surface area contributed by atoms with Gasteiger partial charge in [-0.1, -0.05) is 5.16 Å². The molecule has 1 amide bonds. The van der Waals surface area contributed by atoms with Gasteiger partial charge in [0.2, 0.25) is 11.8 Å². The molecule has 0 fully saturated rings. The maximum absolute atomic E-state index is 12.3. The number of nitrogens with zero attached hydrogens (tertiary/aromatic N) is 5. The van der Waals surface area contributed by atoms with Crippen molar-refractivity contribution in [1.29, 1.82) is 0 Å². The Kier molecular flexibility index (Phi) is 5.86. The van der Waals surface area contributed by atoms with Gasteiger partial charge in [-0.2, -0.15) is 4.98 Å². The Morgan fingerprint density at radius 1 is 1.52 bits per heavy atom. The number of aromatic nitrogens is 4. The van der Waals surface area contributed by atoms with Crippen molar-refractivity contribution in [3.63, 3.8) is 0 Å². The molecule has 0 saturated carbocycles. The first-order valence-electron chi connectivity index (χ1n) is 7.55. The zero-order valence-corrected chi connectivity index (χ0v) is 14.0. The minimum atomic E-state index is 0.0160. The van der Waals surface area contributed by atoms with Crippen LogP contribution in [0.3, 0.4) is 0 Å². The molecular formula is C15H23N5O3. The molecule has 0 aliphatic carbocycles. The number of carbonyl (C=O) groups is 1. The molecule has 2 aromatic heterocycles. The first kappa shape index (κ1) is 17.1. The molecule has 0 bridgehead atoms. The molecule has 126 valence electrons. The number of rotatable bonds is 8. The van der Waals surface area contributed by atoms with E-state index in [0.29, 0.717) is 37.7 Å². The monoisotopic (exact) mass is 321 g/mol. The summed E-state index contributed by atoms with van der Waals surface area (Å²) in [7, 11) is 3.35. The summed E-state index contributed by atoms with van der Waals surface area (Å²) in [4.78, 5) is 22.3. The van der Waals surface area contributed by atoms with Crippen molar-refractivity contribution < 1.29 is 14.1 Å². The van der Waals surface area contributed by atoms with Gasteiger partial charge in [0.1, 0.15) is 5.82 Å². The summed E-state index contributed by atoms with van der Waals surface area (Å²) in [5.41, 5.74) is 0. The van der Waals surface area contributed by atoms with Crippen molar-refractivity contribution in [1.82, 2.24) is 24.6 Å². The summed E-state index contributed by atoms with van der Waals surface area (Å²) >= 11 is 0. The Bertz CT molecular complexity index is 637. The Morgan fingerprint density at radius 2 is 2.30 bits per heavy atom. The van der Waals surface area contributed by atoms with Crippen LogP contribution in [-0.2, 0) is 22.5 Å². The first-order chi connectivity index (χ1) is 11.0. The van der Waals surface area contributed by atoms with Gasteiger partial charge in [-0.05, 0) is 13.8 Å². The summed E-state index contributed by atoms with van der Waals surface area (Å²) in [6, 6.07) is 0.0485. The van der Waals surface area contributed by atoms with Crippen LogP contribution in [0, 0.1) is 6.92 Å². The maximum Gasteiger partial charge on any atom is 0.246 e. The van der Waals surface area contributed by atoms with Crippen LogP contribution in [0.5, 0.6) is 0 Å². The van der Waals surface area contributed by atoms with Crippen LogP contribution >= 0.6 is 0 Å². The van der Waals surface area contributed by atoms with E-state index >= 15 is 0 Å². The Balaban J connectivity index is 1.87. The molecule has 8 nitrogen and oxygen atoms in total. The minimum Gasteiger partial charge on any atom is -0.384 e. The van der Waals surface area contributed by atoms with Crippen LogP contribution < -0.4 is 0 Å². The fourth-order valence-electron chi connectivity index (χ4n) is 2.30. The van der Waals surface area contributed by atoms with Crippen molar-refractivity contribution in [2.24, 2.45) is 0 Å². The fraction of sp³-hybridized carbons (Fsp3) is 0.600. The van der Waals surface area contributed by atoms with E-state index in [1.165, 1.54) is 0 Å². The molecule has 0 N–H and O–H groups in total. The number of hydrogen-bond acceptors (Lipinski definition) is 6. The first-order valence-corrected chi connectivity index (χ1v) is 7.55. The lowest BCUT2D eigenvalue weighted by Gasteiger charge is -2.19. The average Bonchev–Trinajstić information content (AvgIpc) is 3.13. The van der Waals surface area contributed by atoms with Gasteiger partial charge in [0.15, 0.2) is 5.82 Å². The molecule has 2 rings (SSSR count). The smallest absolute Gasteiger partial charge is 0.246 e. The SMILES string of the molecule is COCCc1noc(CN(C)C(=O)C[C@H](C)n2ccnc2C)n1. The standard InChI is InChI=1S/C15H23N5O3/c1-11(20-7-6-16-12(20)2)9-15(21)19(3)10-14-17-13(18-23-14)5-8-22-4/h6-7,11H,5,8-10H2,1-4H3/t11-/m0/s1. The highest BCUT2D eigenvalue weighted by Gasteiger charge is 2.18. The lowest BCUT2D eigenvalue weighted by Crippen LogP contribution is -2.28. The van der Waals surface area contributed by atoms with Crippen molar-refractivity contribution in [2.75, 3.05) is 20.8 Å². The molecule has 0 aromatic carbocycles. The summed E-state index contributed by atoms with van der Waals surface area (Å²) in [6.45, 7) is 4.75. The van der Waals surface area contributed by atoms with Crippen LogP contribution in [0.1, 0.15) is 36.9 Å². The number of carbonyl (C=O) groups excluding carboxylic acids is 1. The van der Waals surface area contributed by atoms with Crippen LogP contribution in [0.15, 0.2) is 16.9 Å².